The Kier molecular flexibility index (Phi) is 4.86. The summed E-state index contributed by atoms with van der Waals surface area (Å²) < 4.78 is 5.43. The number of urea groups is 1. The Bertz CT molecular complexity index is 483. The molecule has 9 heteroatoms. The molecule has 0 aromatic heterocycles. The van der Waals surface area contributed by atoms with Crippen LogP contribution in [-0.4, -0.2) is 83.9 Å². The lowest BCUT2D eigenvalue weighted by Crippen LogP contribution is -2.46. The third kappa shape index (κ3) is 3.35. The predicted molar refractivity (Wildman–Crippen MR) is 81.7 cm³/mol. The minimum absolute atomic E-state index is 0.200. The van der Waals surface area contributed by atoms with Gasteiger partial charge in [-0.05, 0) is 44.7 Å². The van der Waals surface area contributed by atoms with Crippen molar-refractivity contribution in [1.82, 2.24) is 14.8 Å². The van der Waals surface area contributed by atoms with Gasteiger partial charge in [-0.2, -0.15) is 0 Å². The normalized spacial score (nSPS) is 28.8. The number of carbonyl (C=O) groups excluding carboxylic acids is 3. The average Bonchev–Trinajstić information content (AvgIpc) is 2.79. The number of hydrogen-bond acceptors (Lipinski definition) is 6. The van der Waals surface area contributed by atoms with Crippen LogP contribution in [0.25, 0.3) is 0 Å². The number of carbonyl (C=O) groups is 3. The molecule has 0 aliphatic carbocycles. The number of nitrogens with zero attached hydrogens (tertiary/aromatic N) is 3. The standard InChI is InChI=1S/C14H22BN3O5/c19-9-15-16-5-3-10(4-6-16)8-23-13(20)12-2-1-11-7-17(12)14(21)18(11)22/h9-12,15,22H,1-8H2/t11-,12+/m1/s1. The fourth-order valence-electron chi connectivity index (χ4n) is 3.63. The van der Waals surface area contributed by atoms with E-state index in [2.05, 4.69) is 4.81 Å². The monoisotopic (exact) mass is 323 g/mol. The lowest BCUT2D eigenvalue weighted by molar-refractivity contribution is -0.151. The lowest BCUT2D eigenvalue weighted by atomic mass is 9.87. The second-order valence-electron chi connectivity index (χ2n) is 6.57. The van der Waals surface area contributed by atoms with E-state index in [1.165, 1.54) is 4.90 Å². The largest absolute Gasteiger partial charge is 0.464 e. The summed E-state index contributed by atoms with van der Waals surface area (Å²) in [7, 11) is 0.463. The lowest BCUT2D eigenvalue weighted by Gasteiger charge is -2.32. The van der Waals surface area contributed by atoms with Gasteiger partial charge in [-0.1, -0.05) is 0 Å². The summed E-state index contributed by atoms with van der Waals surface area (Å²) in [5.41, 5.74) is 0. The zero-order valence-electron chi connectivity index (χ0n) is 13.1. The molecule has 3 aliphatic heterocycles. The highest BCUT2D eigenvalue weighted by Crippen LogP contribution is 2.29. The van der Waals surface area contributed by atoms with Gasteiger partial charge in [-0.3, -0.25) is 5.21 Å². The molecule has 0 aromatic carbocycles. The molecule has 0 aromatic rings. The van der Waals surface area contributed by atoms with Crippen molar-refractivity contribution in [3.63, 3.8) is 0 Å². The summed E-state index contributed by atoms with van der Waals surface area (Å²) in [6.07, 6.45) is 3.86. The van der Waals surface area contributed by atoms with Crippen LogP contribution >= 0.6 is 0 Å². The van der Waals surface area contributed by atoms with Crippen LogP contribution in [-0.2, 0) is 14.3 Å². The number of piperidine rings is 2. The van der Waals surface area contributed by atoms with E-state index in [-0.39, 0.29) is 12.0 Å². The van der Waals surface area contributed by atoms with Crippen molar-refractivity contribution in [2.45, 2.75) is 37.8 Å². The Labute approximate surface area is 135 Å². The van der Waals surface area contributed by atoms with Gasteiger partial charge < -0.3 is 19.2 Å². The molecule has 0 spiro atoms. The minimum Gasteiger partial charge on any atom is -0.464 e. The van der Waals surface area contributed by atoms with E-state index in [0.717, 1.165) is 37.2 Å². The Morgan fingerprint density at radius 1 is 1.30 bits per heavy atom. The van der Waals surface area contributed by atoms with Crippen LogP contribution in [0.5, 0.6) is 0 Å². The van der Waals surface area contributed by atoms with Crippen molar-refractivity contribution >= 4 is 25.6 Å². The molecule has 3 heterocycles. The summed E-state index contributed by atoms with van der Waals surface area (Å²) in [6, 6.07) is -1.28. The molecule has 2 atom stereocenters. The second-order valence-corrected chi connectivity index (χ2v) is 6.57. The first kappa shape index (κ1) is 16.3. The maximum absolute atomic E-state index is 12.3. The average molecular weight is 323 g/mol. The van der Waals surface area contributed by atoms with E-state index in [0.29, 0.717) is 39.3 Å². The fourth-order valence-corrected chi connectivity index (χ4v) is 3.63. The molecule has 3 saturated heterocycles. The number of amides is 2. The van der Waals surface area contributed by atoms with Crippen molar-refractivity contribution in [3.8, 4) is 0 Å². The van der Waals surface area contributed by atoms with Gasteiger partial charge in [-0.15, -0.1) is 0 Å². The Hall–Kier alpha value is -1.61. The van der Waals surface area contributed by atoms with E-state index in [9.17, 15) is 19.6 Å². The Balaban J connectivity index is 1.45. The molecule has 0 saturated carbocycles. The van der Waals surface area contributed by atoms with Gasteiger partial charge in [-0.25, -0.2) is 14.7 Å². The Morgan fingerprint density at radius 3 is 2.74 bits per heavy atom. The molecular formula is C14H22BN3O5. The van der Waals surface area contributed by atoms with Crippen molar-refractivity contribution in [2.24, 2.45) is 5.92 Å². The molecule has 0 radical (unpaired) electrons. The van der Waals surface area contributed by atoms with E-state index in [4.69, 9.17) is 4.74 Å². The van der Waals surface area contributed by atoms with Gasteiger partial charge in [0.2, 0.25) is 0 Å². The number of ether oxygens (including phenoxy) is 1. The first-order valence-corrected chi connectivity index (χ1v) is 8.21. The second kappa shape index (κ2) is 6.88. The molecule has 1 N–H and O–H groups in total. The van der Waals surface area contributed by atoms with E-state index < -0.39 is 12.1 Å². The van der Waals surface area contributed by atoms with Gasteiger partial charge in [0.1, 0.15) is 6.04 Å². The highest BCUT2D eigenvalue weighted by atomic mass is 16.5. The van der Waals surface area contributed by atoms with Gasteiger partial charge >= 0.3 is 12.0 Å². The van der Waals surface area contributed by atoms with Crippen LogP contribution in [0.15, 0.2) is 0 Å². The van der Waals surface area contributed by atoms with Gasteiger partial charge in [0.15, 0.2) is 0 Å². The molecule has 3 rings (SSSR count). The zero-order chi connectivity index (χ0) is 16.4. The van der Waals surface area contributed by atoms with Crippen molar-refractivity contribution in [1.29, 1.82) is 0 Å². The van der Waals surface area contributed by atoms with Crippen LogP contribution in [0.3, 0.4) is 0 Å². The first-order chi connectivity index (χ1) is 11.1. The summed E-state index contributed by atoms with van der Waals surface area (Å²) in [5.74, 6) is -0.0655. The van der Waals surface area contributed by atoms with Gasteiger partial charge in [0.25, 0.3) is 7.41 Å². The maximum Gasteiger partial charge on any atom is 0.344 e. The summed E-state index contributed by atoms with van der Waals surface area (Å²) in [4.78, 5) is 38.1. The molecule has 0 unspecified atom stereocenters. The van der Waals surface area contributed by atoms with Crippen molar-refractivity contribution in [3.05, 3.63) is 0 Å². The van der Waals surface area contributed by atoms with Crippen LogP contribution in [0.2, 0.25) is 0 Å². The molecule has 8 nitrogen and oxygen atoms in total. The number of hydrogen-bond donors (Lipinski definition) is 1. The summed E-state index contributed by atoms with van der Waals surface area (Å²) >= 11 is 0. The van der Waals surface area contributed by atoms with Crippen LogP contribution in [0.4, 0.5) is 4.79 Å². The van der Waals surface area contributed by atoms with Gasteiger partial charge in [0, 0.05) is 6.54 Å². The van der Waals surface area contributed by atoms with Crippen LogP contribution in [0, 0.1) is 5.92 Å². The number of esters is 1. The van der Waals surface area contributed by atoms with Crippen molar-refractivity contribution in [2.75, 3.05) is 26.2 Å². The summed E-state index contributed by atoms with van der Waals surface area (Å²) in [6.45, 7) is 2.43. The van der Waals surface area contributed by atoms with E-state index in [1.54, 1.807) is 0 Å². The SMILES string of the molecule is O=CBN1CCC(COC(=O)[C@@H]2CC[C@@H]3CN2C(=O)N3O)CC1. The first-order valence-electron chi connectivity index (χ1n) is 8.21. The minimum atomic E-state index is -0.578. The number of fused-ring (bicyclic) bond motifs is 2. The van der Waals surface area contributed by atoms with Crippen LogP contribution < -0.4 is 0 Å². The molecule has 2 amide bonds. The van der Waals surface area contributed by atoms with Crippen LogP contribution in [0.1, 0.15) is 25.7 Å². The van der Waals surface area contributed by atoms with E-state index in [1.807, 2.05) is 0 Å². The quantitative estimate of drug-likeness (QED) is 0.316. The van der Waals surface area contributed by atoms with Gasteiger partial charge in [0.05, 0.1) is 18.8 Å². The third-order valence-electron chi connectivity index (χ3n) is 5.12. The summed E-state index contributed by atoms with van der Waals surface area (Å²) in [5, 5.41) is 10.4. The zero-order valence-corrected chi connectivity index (χ0v) is 13.1. The topological polar surface area (TPSA) is 90.4 Å². The maximum atomic E-state index is 12.3. The molecular weight excluding hydrogens is 301 g/mol. The fraction of sp³-hybridized carbons (Fsp3) is 0.786. The van der Waals surface area contributed by atoms with E-state index >= 15 is 0 Å². The molecule has 3 aliphatic rings. The molecule has 23 heavy (non-hydrogen) atoms. The number of rotatable bonds is 5. The Morgan fingerprint density at radius 2 is 2.04 bits per heavy atom. The smallest absolute Gasteiger partial charge is 0.344 e. The molecule has 126 valence electrons. The third-order valence-corrected chi connectivity index (χ3v) is 5.12. The van der Waals surface area contributed by atoms with Crippen molar-refractivity contribution < 1.29 is 24.3 Å². The number of hydroxylamine groups is 2. The predicted octanol–water partition coefficient (Wildman–Crippen LogP) is -0.559. The highest BCUT2D eigenvalue weighted by molar-refractivity contribution is 6.64. The highest BCUT2D eigenvalue weighted by Gasteiger charge is 2.47. The molecule has 3 fully saturated rings. The molecule has 2 bridgehead atoms.